The summed E-state index contributed by atoms with van der Waals surface area (Å²) in [5.41, 5.74) is 0.623. The van der Waals surface area contributed by atoms with Crippen LogP contribution in [0.2, 0.25) is 0 Å². The van der Waals surface area contributed by atoms with Gasteiger partial charge in [-0.1, -0.05) is 39.4 Å². The Morgan fingerprint density at radius 2 is 1.65 bits per heavy atom. The highest BCUT2D eigenvalue weighted by atomic mass is 79.9. The average Bonchev–Trinajstić information content (AvgIpc) is 2.82. The fourth-order valence-electron chi connectivity index (χ4n) is 3.02. The third kappa shape index (κ3) is 7.68. The number of likely N-dealkylation sites (N-methyl/N-ethyl adjacent to an activating group) is 1. The van der Waals surface area contributed by atoms with Gasteiger partial charge in [-0.15, -0.1) is 5.11 Å². The summed E-state index contributed by atoms with van der Waals surface area (Å²) in [5.74, 6) is 6.76. The van der Waals surface area contributed by atoms with E-state index in [1.54, 1.807) is 48.3 Å². The van der Waals surface area contributed by atoms with E-state index in [0.717, 1.165) is 10.2 Å². The summed E-state index contributed by atoms with van der Waals surface area (Å²) < 4.78 is 12.5. The van der Waals surface area contributed by atoms with Gasteiger partial charge in [0.15, 0.2) is 5.84 Å². The quantitative estimate of drug-likeness (QED) is 0.115. The molecule has 0 fully saturated rings. The van der Waals surface area contributed by atoms with Crippen LogP contribution in [0.4, 0.5) is 5.69 Å². The molecule has 0 aliphatic carbocycles. The van der Waals surface area contributed by atoms with E-state index < -0.39 is 6.04 Å². The van der Waals surface area contributed by atoms with Crippen molar-refractivity contribution in [2.24, 2.45) is 16.2 Å². The summed E-state index contributed by atoms with van der Waals surface area (Å²) >= 11 is 3.37. The van der Waals surface area contributed by atoms with Crippen molar-refractivity contribution in [3.8, 4) is 17.2 Å². The monoisotopic (exact) mass is 524 g/mol. The van der Waals surface area contributed by atoms with Crippen LogP contribution in [0.25, 0.3) is 0 Å². The summed E-state index contributed by atoms with van der Waals surface area (Å²) in [6.45, 7) is 0.0912. The Hall–Kier alpha value is -3.76. The minimum atomic E-state index is -0.636. The predicted molar refractivity (Wildman–Crippen MR) is 134 cm³/mol. The van der Waals surface area contributed by atoms with Crippen LogP contribution in [-0.2, 0) is 4.79 Å². The summed E-state index contributed by atoms with van der Waals surface area (Å²) in [5, 5.41) is 17.8. The van der Waals surface area contributed by atoms with Crippen molar-refractivity contribution in [2.45, 2.75) is 6.04 Å². The lowest BCUT2D eigenvalue weighted by Gasteiger charge is -2.26. The zero-order chi connectivity index (χ0) is 24.3. The number of amides is 1. The van der Waals surface area contributed by atoms with E-state index in [-0.39, 0.29) is 24.9 Å². The number of rotatable bonds is 10. The molecule has 1 amide bonds. The largest absolute Gasteiger partial charge is 0.491 e. The SMILES string of the molecule is CN(CC(=O)Nc1ccc(Oc2ccccc2)cc1)C(COc1ccc(Br)cc1)C(=N)N=NN. The molecule has 176 valence electrons. The number of benzene rings is 3. The maximum absolute atomic E-state index is 12.6. The lowest BCUT2D eigenvalue weighted by molar-refractivity contribution is -0.117. The first kappa shape index (κ1) is 24.9. The van der Waals surface area contributed by atoms with Crippen LogP contribution in [0.15, 0.2) is 93.7 Å². The molecule has 0 saturated heterocycles. The van der Waals surface area contributed by atoms with Crippen molar-refractivity contribution < 1.29 is 14.3 Å². The first-order valence-electron chi connectivity index (χ1n) is 10.4. The molecule has 3 aromatic rings. The molecular formula is C24H25BrN6O3. The number of nitrogens with one attached hydrogen (secondary N) is 2. The van der Waals surface area contributed by atoms with Crippen LogP contribution in [0.5, 0.6) is 17.2 Å². The molecular weight excluding hydrogens is 500 g/mol. The molecule has 1 unspecified atom stereocenters. The van der Waals surface area contributed by atoms with Crippen molar-refractivity contribution in [1.29, 1.82) is 5.41 Å². The van der Waals surface area contributed by atoms with Crippen LogP contribution in [0.1, 0.15) is 0 Å². The lowest BCUT2D eigenvalue weighted by Crippen LogP contribution is -2.45. The average molecular weight is 525 g/mol. The molecule has 0 bridgehead atoms. The molecule has 3 aromatic carbocycles. The lowest BCUT2D eigenvalue weighted by atomic mass is 10.2. The third-order valence-electron chi connectivity index (χ3n) is 4.74. The number of ether oxygens (including phenoxy) is 2. The van der Waals surface area contributed by atoms with Gasteiger partial charge in [-0.05, 0) is 67.7 Å². The number of carbonyl (C=O) groups excluding carboxylic acids is 1. The van der Waals surface area contributed by atoms with Gasteiger partial charge in [0.05, 0.1) is 6.54 Å². The summed E-state index contributed by atoms with van der Waals surface area (Å²) in [4.78, 5) is 14.3. The maximum atomic E-state index is 12.6. The Balaban J connectivity index is 1.57. The molecule has 34 heavy (non-hydrogen) atoms. The Morgan fingerprint density at radius 1 is 1.03 bits per heavy atom. The molecule has 4 N–H and O–H groups in total. The van der Waals surface area contributed by atoms with Gasteiger partial charge in [0.1, 0.15) is 29.9 Å². The summed E-state index contributed by atoms with van der Waals surface area (Å²) in [6.07, 6.45) is 0. The highest BCUT2D eigenvalue weighted by Crippen LogP contribution is 2.22. The molecule has 0 spiro atoms. The number of carbonyl (C=O) groups is 1. The highest BCUT2D eigenvalue weighted by Gasteiger charge is 2.23. The van der Waals surface area contributed by atoms with Crippen LogP contribution in [-0.4, -0.2) is 42.9 Å². The van der Waals surface area contributed by atoms with Crippen molar-refractivity contribution in [3.63, 3.8) is 0 Å². The van der Waals surface area contributed by atoms with Gasteiger partial charge in [0.2, 0.25) is 5.91 Å². The summed E-state index contributed by atoms with van der Waals surface area (Å²) in [7, 11) is 1.70. The smallest absolute Gasteiger partial charge is 0.238 e. The van der Waals surface area contributed by atoms with Gasteiger partial charge >= 0.3 is 0 Å². The van der Waals surface area contributed by atoms with Crippen molar-refractivity contribution >= 4 is 33.4 Å². The number of hydrogen-bond donors (Lipinski definition) is 3. The zero-order valence-electron chi connectivity index (χ0n) is 18.5. The van der Waals surface area contributed by atoms with Gasteiger partial charge < -0.3 is 20.6 Å². The number of hydrogen-bond acceptors (Lipinski definition) is 6. The number of amidine groups is 1. The molecule has 3 rings (SSSR count). The van der Waals surface area contributed by atoms with Gasteiger partial charge in [-0.2, -0.15) is 0 Å². The van der Waals surface area contributed by atoms with Crippen LogP contribution in [0, 0.1) is 5.41 Å². The molecule has 0 saturated carbocycles. The number of para-hydroxylation sites is 1. The Labute approximate surface area is 206 Å². The normalized spacial score (nSPS) is 11.9. The highest BCUT2D eigenvalue weighted by molar-refractivity contribution is 9.10. The standard InChI is InChI=1S/C24H25BrN6O3/c1-31(22(24(26)29-30-27)16-33-19-11-7-17(25)8-12-19)15-23(32)28-18-9-13-21(14-10-18)34-20-5-3-2-4-6-20/h2-14,22H,15-16H2,1H3,(H,28,32)(H3,26,27,29). The van der Waals surface area contributed by atoms with E-state index in [1.165, 1.54) is 0 Å². The maximum Gasteiger partial charge on any atom is 0.238 e. The zero-order valence-corrected chi connectivity index (χ0v) is 20.1. The Kier molecular flexibility index (Phi) is 9.12. The molecule has 10 heteroatoms. The van der Waals surface area contributed by atoms with Crippen molar-refractivity contribution in [2.75, 3.05) is 25.5 Å². The second kappa shape index (κ2) is 12.5. The number of nitrogens with zero attached hydrogens (tertiary/aromatic N) is 3. The van der Waals surface area contributed by atoms with Gasteiger partial charge in [-0.25, -0.2) is 0 Å². The van der Waals surface area contributed by atoms with Crippen LogP contribution < -0.4 is 20.6 Å². The van der Waals surface area contributed by atoms with Crippen LogP contribution in [0.3, 0.4) is 0 Å². The molecule has 9 nitrogen and oxygen atoms in total. The van der Waals surface area contributed by atoms with E-state index in [2.05, 4.69) is 31.6 Å². The van der Waals surface area contributed by atoms with E-state index in [0.29, 0.717) is 17.2 Å². The molecule has 0 radical (unpaired) electrons. The van der Waals surface area contributed by atoms with Gasteiger partial charge in [0.25, 0.3) is 0 Å². The van der Waals surface area contributed by atoms with Gasteiger partial charge in [0, 0.05) is 10.2 Å². The van der Waals surface area contributed by atoms with Crippen LogP contribution >= 0.6 is 15.9 Å². The minimum absolute atomic E-state index is 0.000890. The van der Waals surface area contributed by atoms with Crippen molar-refractivity contribution in [1.82, 2.24) is 4.90 Å². The van der Waals surface area contributed by atoms with E-state index >= 15 is 0 Å². The first-order chi connectivity index (χ1) is 16.4. The predicted octanol–water partition coefficient (Wildman–Crippen LogP) is 4.86. The van der Waals surface area contributed by atoms with E-state index in [4.69, 9.17) is 20.7 Å². The van der Waals surface area contributed by atoms with E-state index in [1.807, 2.05) is 42.5 Å². The first-order valence-corrected chi connectivity index (χ1v) is 11.1. The molecule has 0 aliphatic heterocycles. The second-order valence-corrected chi connectivity index (χ2v) is 8.20. The Bertz CT molecular complexity index is 1110. The van der Waals surface area contributed by atoms with Gasteiger partial charge in [-0.3, -0.25) is 15.1 Å². The second-order valence-electron chi connectivity index (χ2n) is 7.28. The van der Waals surface area contributed by atoms with E-state index in [9.17, 15) is 4.79 Å². The molecule has 1 atom stereocenters. The van der Waals surface area contributed by atoms with Crippen molar-refractivity contribution in [3.05, 3.63) is 83.3 Å². The molecule has 0 aliphatic rings. The number of anilines is 1. The Morgan fingerprint density at radius 3 is 2.29 bits per heavy atom. The summed E-state index contributed by atoms with van der Waals surface area (Å²) in [6, 6.07) is 23.2. The molecule has 0 aromatic heterocycles. The molecule has 0 heterocycles. The number of halogens is 1. The topological polar surface area (TPSA) is 125 Å². The third-order valence-corrected chi connectivity index (χ3v) is 5.27. The fraction of sp³-hybridized carbons (Fsp3) is 0.167. The fourth-order valence-corrected chi connectivity index (χ4v) is 3.28. The minimum Gasteiger partial charge on any atom is -0.491 e. The number of nitrogens with two attached hydrogens (primary N) is 1.